The molecule has 0 spiro atoms. The van der Waals surface area contributed by atoms with Gasteiger partial charge in [0.15, 0.2) is 11.5 Å². The molecule has 0 saturated carbocycles. The van der Waals surface area contributed by atoms with E-state index in [4.69, 9.17) is 9.47 Å². The number of fused-ring (bicyclic) bond motifs is 1. The summed E-state index contributed by atoms with van der Waals surface area (Å²) in [5.41, 5.74) is 1.24. The Bertz CT molecular complexity index is 1420. The van der Waals surface area contributed by atoms with Gasteiger partial charge in [0.2, 0.25) is 5.91 Å². The molecule has 190 valence electrons. The summed E-state index contributed by atoms with van der Waals surface area (Å²) in [5, 5.41) is 3.83. The highest BCUT2D eigenvalue weighted by atomic mass is 16.5. The number of rotatable bonds is 7. The van der Waals surface area contributed by atoms with E-state index in [0.29, 0.717) is 22.7 Å². The second kappa shape index (κ2) is 10.6. The lowest BCUT2D eigenvalue weighted by Crippen LogP contribution is -2.49. The fourth-order valence-electron chi connectivity index (χ4n) is 3.99. The molecule has 0 bridgehead atoms. The summed E-state index contributed by atoms with van der Waals surface area (Å²) in [6.07, 6.45) is 5.87. The summed E-state index contributed by atoms with van der Waals surface area (Å²) in [6.45, 7) is 5.63. The van der Waals surface area contributed by atoms with Gasteiger partial charge in [0.25, 0.3) is 5.91 Å². The monoisotopic (exact) mass is 499 g/mol. The van der Waals surface area contributed by atoms with Crippen molar-refractivity contribution in [2.24, 2.45) is 0 Å². The van der Waals surface area contributed by atoms with Crippen LogP contribution in [0.25, 0.3) is 10.9 Å². The Morgan fingerprint density at radius 2 is 1.68 bits per heavy atom. The molecule has 0 radical (unpaired) electrons. The predicted octanol–water partition coefficient (Wildman–Crippen LogP) is 4.34. The van der Waals surface area contributed by atoms with Crippen molar-refractivity contribution >= 4 is 28.4 Å². The molecule has 4 aromatic rings. The van der Waals surface area contributed by atoms with Crippen LogP contribution in [0.5, 0.6) is 11.5 Å². The van der Waals surface area contributed by atoms with Gasteiger partial charge < -0.3 is 14.8 Å². The smallest absolute Gasteiger partial charge is 0.279 e. The number of nitrogens with one attached hydrogen (secondary N) is 1. The first-order chi connectivity index (χ1) is 17.7. The molecule has 4 rings (SSSR count). The van der Waals surface area contributed by atoms with Gasteiger partial charge in [-0.2, -0.15) is 0 Å². The Morgan fingerprint density at radius 3 is 2.35 bits per heavy atom. The second-order valence-corrected chi connectivity index (χ2v) is 9.41. The van der Waals surface area contributed by atoms with Crippen molar-refractivity contribution in [3.63, 3.8) is 0 Å². The minimum absolute atomic E-state index is 0.0877. The van der Waals surface area contributed by atoms with Gasteiger partial charge in [-0.15, -0.1) is 0 Å². The van der Waals surface area contributed by atoms with Gasteiger partial charge in [-0.3, -0.25) is 24.5 Å². The van der Waals surface area contributed by atoms with Gasteiger partial charge in [0, 0.05) is 23.3 Å². The van der Waals surface area contributed by atoms with Crippen LogP contribution >= 0.6 is 0 Å². The first-order valence-corrected chi connectivity index (χ1v) is 11.7. The molecule has 2 aromatic heterocycles. The van der Waals surface area contributed by atoms with Crippen molar-refractivity contribution in [3.05, 3.63) is 84.6 Å². The zero-order chi connectivity index (χ0) is 26.6. The molecule has 2 heterocycles. The number of nitrogens with zero attached hydrogens (tertiary/aromatic N) is 4. The number of ether oxygens (including phenoxy) is 2. The number of para-hydroxylation sites is 1. The van der Waals surface area contributed by atoms with Crippen molar-refractivity contribution in [1.82, 2.24) is 20.3 Å². The Balaban J connectivity index is 1.95. The summed E-state index contributed by atoms with van der Waals surface area (Å²) in [6, 6.07) is 13.4. The van der Waals surface area contributed by atoms with Crippen molar-refractivity contribution in [2.75, 3.05) is 19.1 Å². The average Bonchev–Trinajstić information content (AvgIpc) is 2.90. The van der Waals surface area contributed by atoms with Crippen molar-refractivity contribution in [1.29, 1.82) is 0 Å². The molecule has 1 N–H and O–H groups in total. The molecule has 1 atom stereocenters. The number of pyridine rings is 1. The maximum atomic E-state index is 14.0. The van der Waals surface area contributed by atoms with Gasteiger partial charge in [-0.1, -0.05) is 24.3 Å². The number of methoxy groups -OCH3 is 2. The largest absolute Gasteiger partial charge is 0.493 e. The molecule has 0 saturated heterocycles. The second-order valence-electron chi connectivity index (χ2n) is 9.41. The molecule has 2 aromatic carbocycles. The predicted molar refractivity (Wildman–Crippen MR) is 141 cm³/mol. The van der Waals surface area contributed by atoms with Gasteiger partial charge in [-0.05, 0) is 50.6 Å². The van der Waals surface area contributed by atoms with Gasteiger partial charge in [0.05, 0.1) is 37.8 Å². The molecule has 0 aliphatic carbocycles. The molecule has 0 fully saturated rings. The standard InChI is InChI=1S/C28H29N5O4/c1-28(2,3)32-26(34)25(19-10-11-23(36-4)24(15-19)37-5)33(27(35)22-17-29-12-13-30-22)20-14-18-8-6-7-9-21(18)31-16-20/h6-17,25H,1-5H3,(H,32,34). The SMILES string of the molecule is COc1ccc(C(C(=O)NC(C)(C)C)N(C(=O)c2cnccn2)c2cnc3ccccc3c2)cc1OC. The third-order valence-electron chi connectivity index (χ3n) is 5.58. The molecule has 37 heavy (non-hydrogen) atoms. The van der Waals surface area contributed by atoms with Crippen LogP contribution in [-0.4, -0.2) is 46.5 Å². The molecule has 0 aliphatic heterocycles. The van der Waals surface area contributed by atoms with Crippen LogP contribution in [0.3, 0.4) is 0 Å². The van der Waals surface area contributed by atoms with Crippen LogP contribution in [-0.2, 0) is 4.79 Å². The van der Waals surface area contributed by atoms with Crippen molar-refractivity contribution in [3.8, 4) is 11.5 Å². The Hall–Kier alpha value is -4.53. The van der Waals surface area contributed by atoms with E-state index >= 15 is 0 Å². The Labute approximate surface area is 215 Å². The number of hydrogen-bond donors (Lipinski definition) is 1. The van der Waals surface area contributed by atoms with E-state index in [1.54, 1.807) is 24.4 Å². The number of anilines is 1. The minimum Gasteiger partial charge on any atom is -0.493 e. The number of carbonyl (C=O) groups excluding carboxylic acids is 2. The van der Waals surface area contributed by atoms with Crippen molar-refractivity contribution < 1.29 is 19.1 Å². The molecule has 9 heteroatoms. The van der Waals surface area contributed by atoms with E-state index in [1.807, 2.05) is 51.1 Å². The van der Waals surface area contributed by atoms with E-state index in [2.05, 4.69) is 20.3 Å². The maximum Gasteiger partial charge on any atom is 0.279 e. The lowest BCUT2D eigenvalue weighted by Gasteiger charge is -2.33. The number of hydrogen-bond acceptors (Lipinski definition) is 7. The molecule has 0 aliphatic rings. The summed E-state index contributed by atoms with van der Waals surface area (Å²) in [7, 11) is 3.05. The molecule has 9 nitrogen and oxygen atoms in total. The van der Waals surface area contributed by atoms with Gasteiger partial charge >= 0.3 is 0 Å². The normalized spacial score (nSPS) is 12.0. The molecular formula is C28H29N5O4. The van der Waals surface area contributed by atoms with Crippen LogP contribution in [0.1, 0.15) is 42.9 Å². The third-order valence-corrected chi connectivity index (χ3v) is 5.58. The topological polar surface area (TPSA) is 107 Å². The third kappa shape index (κ3) is 5.66. The lowest BCUT2D eigenvalue weighted by atomic mass is 10.00. The highest BCUT2D eigenvalue weighted by Gasteiger charge is 2.36. The highest BCUT2D eigenvalue weighted by Crippen LogP contribution is 2.36. The Morgan fingerprint density at radius 1 is 0.919 bits per heavy atom. The van der Waals surface area contributed by atoms with Crippen molar-refractivity contribution in [2.45, 2.75) is 32.4 Å². The van der Waals surface area contributed by atoms with E-state index in [1.165, 1.54) is 37.7 Å². The minimum atomic E-state index is -1.09. The quantitative estimate of drug-likeness (QED) is 0.403. The molecular weight excluding hydrogens is 470 g/mol. The first kappa shape index (κ1) is 25.6. The van der Waals surface area contributed by atoms with Crippen LogP contribution in [0, 0.1) is 0 Å². The van der Waals surface area contributed by atoms with Gasteiger partial charge in [-0.25, -0.2) is 4.98 Å². The molecule has 2 amide bonds. The molecule has 1 unspecified atom stereocenters. The number of amides is 2. The van der Waals surface area contributed by atoms with Crippen LogP contribution in [0.15, 0.2) is 73.3 Å². The van der Waals surface area contributed by atoms with E-state index in [9.17, 15) is 9.59 Å². The maximum absolute atomic E-state index is 14.0. The fourth-order valence-corrected chi connectivity index (χ4v) is 3.99. The average molecular weight is 500 g/mol. The fraction of sp³-hybridized carbons (Fsp3) is 0.250. The van der Waals surface area contributed by atoms with E-state index in [-0.39, 0.29) is 11.6 Å². The van der Waals surface area contributed by atoms with Crippen LogP contribution < -0.4 is 19.7 Å². The summed E-state index contributed by atoms with van der Waals surface area (Å²) in [5.74, 6) is 0.0386. The summed E-state index contributed by atoms with van der Waals surface area (Å²) < 4.78 is 10.9. The Kier molecular flexibility index (Phi) is 7.33. The number of carbonyl (C=O) groups is 2. The number of aromatic nitrogens is 3. The number of benzene rings is 2. The zero-order valence-electron chi connectivity index (χ0n) is 21.4. The lowest BCUT2D eigenvalue weighted by molar-refractivity contribution is -0.123. The van der Waals surface area contributed by atoms with Crippen LogP contribution in [0.4, 0.5) is 5.69 Å². The van der Waals surface area contributed by atoms with Gasteiger partial charge in [0.1, 0.15) is 11.7 Å². The zero-order valence-corrected chi connectivity index (χ0v) is 21.4. The summed E-state index contributed by atoms with van der Waals surface area (Å²) in [4.78, 5) is 42.1. The van der Waals surface area contributed by atoms with E-state index in [0.717, 1.165) is 10.9 Å². The first-order valence-electron chi connectivity index (χ1n) is 11.7. The highest BCUT2D eigenvalue weighted by molar-refractivity contribution is 6.09. The van der Waals surface area contributed by atoms with Crippen LogP contribution in [0.2, 0.25) is 0 Å². The summed E-state index contributed by atoms with van der Waals surface area (Å²) >= 11 is 0. The van der Waals surface area contributed by atoms with E-state index < -0.39 is 17.5 Å².